The average Bonchev–Trinajstić information content (AvgIpc) is 2.93. The lowest BCUT2D eigenvalue weighted by Crippen LogP contribution is -2.66. The number of ether oxygens (including phenoxy) is 1. The molecule has 5 unspecified atom stereocenters. The van der Waals surface area contributed by atoms with E-state index in [1.807, 2.05) is 0 Å². The van der Waals surface area contributed by atoms with Gasteiger partial charge >= 0.3 is 0 Å². The van der Waals surface area contributed by atoms with Crippen molar-refractivity contribution in [2.24, 2.45) is 23.2 Å². The third-order valence-corrected chi connectivity index (χ3v) is 6.06. The van der Waals surface area contributed by atoms with E-state index in [0.29, 0.717) is 36.3 Å². The molecule has 5 atom stereocenters. The van der Waals surface area contributed by atoms with E-state index in [0.717, 1.165) is 26.1 Å². The van der Waals surface area contributed by atoms with Crippen molar-refractivity contribution >= 4 is 18.3 Å². The standard InChI is InChI=1S/C17H30N2O2.ClH/c1-11(12-5-4-7-18-10-12)9-14(20)19-15-13-6-8-21-16(13)17(15,2)3;/h11-13,15-16,18H,4-10H2,1-3H3,(H,19,20);1H. The molecule has 128 valence electrons. The fourth-order valence-corrected chi connectivity index (χ4v) is 4.67. The van der Waals surface area contributed by atoms with Gasteiger partial charge in [0.25, 0.3) is 0 Å². The maximum absolute atomic E-state index is 12.4. The molecule has 22 heavy (non-hydrogen) atoms. The van der Waals surface area contributed by atoms with E-state index >= 15 is 0 Å². The van der Waals surface area contributed by atoms with Crippen molar-refractivity contribution in [3.8, 4) is 0 Å². The van der Waals surface area contributed by atoms with E-state index in [4.69, 9.17) is 4.74 Å². The van der Waals surface area contributed by atoms with E-state index in [2.05, 4.69) is 31.4 Å². The Labute approximate surface area is 140 Å². The molecule has 0 bridgehead atoms. The van der Waals surface area contributed by atoms with E-state index in [9.17, 15) is 4.79 Å². The van der Waals surface area contributed by atoms with Crippen LogP contribution in [0.2, 0.25) is 0 Å². The summed E-state index contributed by atoms with van der Waals surface area (Å²) in [6.45, 7) is 9.73. The Hall–Kier alpha value is -0.320. The van der Waals surface area contributed by atoms with Gasteiger partial charge in [-0.1, -0.05) is 20.8 Å². The number of carbonyl (C=O) groups is 1. The van der Waals surface area contributed by atoms with Crippen LogP contribution in [-0.2, 0) is 9.53 Å². The molecule has 5 heteroatoms. The fourth-order valence-electron chi connectivity index (χ4n) is 4.67. The third kappa shape index (κ3) is 3.29. The van der Waals surface area contributed by atoms with Gasteiger partial charge in [-0.2, -0.15) is 0 Å². The summed E-state index contributed by atoms with van der Waals surface area (Å²) in [6.07, 6.45) is 4.61. The summed E-state index contributed by atoms with van der Waals surface area (Å²) in [6, 6.07) is 0.300. The second kappa shape index (κ2) is 7.06. The molecule has 0 aromatic rings. The summed E-state index contributed by atoms with van der Waals surface area (Å²) in [5.74, 6) is 1.89. The maximum atomic E-state index is 12.4. The van der Waals surface area contributed by atoms with Gasteiger partial charge in [0, 0.05) is 30.4 Å². The summed E-state index contributed by atoms with van der Waals surface area (Å²) >= 11 is 0. The Morgan fingerprint density at radius 3 is 2.86 bits per heavy atom. The van der Waals surface area contributed by atoms with Crippen LogP contribution in [0.25, 0.3) is 0 Å². The number of nitrogens with one attached hydrogen (secondary N) is 2. The molecule has 3 rings (SSSR count). The molecule has 2 aliphatic heterocycles. The number of halogens is 1. The van der Waals surface area contributed by atoms with Crippen LogP contribution < -0.4 is 10.6 Å². The van der Waals surface area contributed by atoms with Crippen LogP contribution >= 0.6 is 12.4 Å². The van der Waals surface area contributed by atoms with Gasteiger partial charge in [0.05, 0.1) is 6.10 Å². The molecule has 2 N–H and O–H groups in total. The van der Waals surface area contributed by atoms with Crippen molar-refractivity contribution < 1.29 is 9.53 Å². The van der Waals surface area contributed by atoms with Crippen molar-refractivity contribution in [1.82, 2.24) is 10.6 Å². The monoisotopic (exact) mass is 330 g/mol. The first kappa shape index (κ1) is 18.0. The Balaban J connectivity index is 0.00000176. The highest BCUT2D eigenvalue weighted by Gasteiger charge is 2.59. The third-order valence-electron chi connectivity index (χ3n) is 6.06. The second-order valence-corrected chi connectivity index (χ2v) is 7.90. The number of amides is 1. The molecule has 3 fully saturated rings. The topological polar surface area (TPSA) is 50.4 Å². The highest BCUT2D eigenvalue weighted by atomic mass is 35.5. The lowest BCUT2D eigenvalue weighted by Gasteiger charge is -2.54. The van der Waals surface area contributed by atoms with Gasteiger partial charge in [-0.05, 0) is 44.2 Å². The molecular weight excluding hydrogens is 300 g/mol. The normalized spacial score (nSPS) is 37.4. The van der Waals surface area contributed by atoms with Crippen molar-refractivity contribution in [3.63, 3.8) is 0 Å². The van der Waals surface area contributed by atoms with E-state index < -0.39 is 0 Å². The highest BCUT2D eigenvalue weighted by Crippen LogP contribution is 2.52. The zero-order valence-corrected chi connectivity index (χ0v) is 14.9. The molecule has 0 radical (unpaired) electrons. The Kier molecular flexibility index (Phi) is 5.79. The Morgan fingerprint density at radius 2 is 2.18 bits per heavy atom. The lowest BCUT2D eigenvalue weighted by atomic mass is 9.57. The molecule has 0 aromatic heterocycles. The van der Waals surface area contributed by atoms with Crippen LogP contribution in [0.4, 0.5) is 0 Å². The van der Waals surface area contributed by atoms with Crippen LogP contribution in [0.3, 0.4) is 0 Å². The first-order chi connectivity index (χ1) is 10.00. The van der Waals surface area contributed by atoms with E-state index in [1.165, 1.54) is 12.8 Å². The number of hydrogen-bond donors (Lipinski definition) is 2. The molecule has 1 saturated carbocycles. The molecule has 3 aliphatic rings. The highest BCUT2D eigenvalue weighted by molar-refractivity contribution is 5.85. The molecule has 1 aliphatic carbocycles. The predicted molar refractivity (Wildman–Crippen MR) is 90.2 cm³/mol. The smallest absolute Gasteiger partial charge is 0.220 e. The first-order valence-electron chi connectivity index (χ1n) is 8.62. The summed E-state index contributed by atoms with van der Waals surface area (Å²) in [7, 11) is 0. The molecule has 1 amide bonds. The Morgan fingerprint density at radius 1 is 1.41 bits per heavy atom. The van der Waals surface area contributed by atoms with Crippen molar-refractivity contribution in [2.45, 2.75) is 58.6 Å². The van der Waals surface area contributed by atoms with Crippen LogP contribution in [0.15, 0.2) is 0 Å². The van der Waals surface area contributed by atoms with Crippen LogP contribution in [0, 0.1) is 23.2 Å². The quantitative estimate of drug-likeness (QED) is 0.832. The molecule has 0 spiro atoms. The van der Waals surface area contributed by atoms with Crippen molar-refractivity contribution in [2.75, 3.05) is 19.7 Å². The van der Waals surface area contributed by atoms with Crippen LogP contribution in [0.1, 0.15) is 46.5 Å². The van der Waals surface area contributed by atoms with Gasteiger partial charge in [0.15, 0.2) is 0 Å². The molecule has 2 saturated heterocycles. The van der Waals surface area contributed by atoms with E-state index in [1.54, 1.807) is 0 Å². The number of piperidine rings is 1. The largest absolute Gasteiger partial charge is 0.377 e. The summed E-state index contributed by atoms with van der Waals surface area (Å²) in [4.78, 5) is 12.4. The predicted octanol–water partition coefficient (Wildman–Crippen LogP) is 2.36. The number of fused-ring (bicyclic) bond motifs is 1. The molecular formula is C17H31ClN2O2. The molecule has 2 heterocycles. The number of rotatable bonds is 4. The minimum Gasteiger partial charge on any atom is -0.377 e. The minimum absolute atomic E-state index is 0. The van der Waals surface area contributed by atoms with Gasteiger partial charge in [-0.15, -0.1) is 12.4 Å². The SMILES string of the molecule is CC(CC(=O)NC1C2CCOC2C1(C)C)C1CCCNC1.Cl. The number of carbonyl (C=O) groups excluding carboxylic acids is 1. The van der Waals surface area contributed by atoms with Crippen LogP contribution in [0.5, 0.6) is 0 Å². The first-order valence-corrected chi connectivity index (χ1v) is 8.62. The van der Waals surface area contributed by atoms with Gasteiger partial charge < -0.3 is 15.4 Å². The Bertz CT molecular complexity index is 396. The second-order valence-electron chi connectivity index (χ2n) is 7.90. The van der Waals surface area contributed by atoms with Crippen molar-refractivity contribution in [1.29, 1.82) is 0 Å². The van der Waals surface area contributed by atoms with E-state index in [-0.39, 0.29) is 23.7 Å². The maximum Gasteiger partial charge on any atom is 0.220 e. The minimum atomic E-state index is 0. The summed E-state index contributed by atoms with van der Waals surface area (Å²) in [5, 5.41) is 6.76. The molecule has 4 nitrogen and oxygen atoms in total. The molecule has 0 aromatic carbocycles. The van der Waals surface area contributed by atoms with Crippen molar-refractivity contribution in [3.05, 3.63) is 0 Å². The summed E-state index contributed by atoms with van der Waals surface area (Å²) < 4.78 is 5.80. The van der Waals surface area contributed by atoms with Gasteiger partial charge in [0.1, 0.15) is 0 Å². The lowest BCUT2D eigenvalue weighted by molar-refractivity contribution is -0.138. The van der Waals surface area contributed by atoms with Gasteiger partial charge in [0.2, 0.25) is 5.91 Å². The van der Waals surface area contributed by atoms with Gasteiger partial charge in [-0.3, -0.25) is 4.79 Å². The zero-order chi connectivity index (χ0) is 15.0. The van der Waals surface area contributed by atoms with Crippen LogP contribution in [-0.4, -0.2) is 37.7 Å². The zero-order valence-electron chi connectivity index (χ0n) is 14.1. The fraction of sp³-hybridized carbons (Fsp3) is 0.941. The van der Waals surface area contributed by atoms with Gasteiger partial charge in [-0.25, -0.2) is 0 Å². The average molecular weight is 331 g/mol. The number of hydrogen-bond acceptors (Lipinski definition) is 3. The summed E-state index contributed by atoms with van der Waals surface area (Å²) in [5.41, 5.74) is 0.0897.